The molecule has 0 unspecified atom stereocenters. The Labute approximate surface area is 182 Å². The number of aliphatic hydroxyl groups is 1. The van der Waals surface area contributed by atoms with Gasteiger partial charge in [-0.2, -0.15) is 0 Å². The van der Waals surface area contributed by atoms with Gasteiger partial charge in [-0.15, -0.1) is 0 Å². The first-order valence-electron chi connectivity index (χ1n) is 11.4. The van der Waals surface area contributed by atoms with Gasteiger partial charge in [0.05, 0.1) is 5.60 Å². The van der Waals surface area contributed by atoms with Crippen molar-refractivity contribution in [3.05, 3.63) is 65.7 Å². The van der Waals surface area contributed by atoms with Gasteiger partial charge in [-0.3, -0.25) is 0 Å². The molecule has 1 saturated heterocycles. The molecule has 2 aromatic rings. The second kappa shape index (κ2) is 11.5. The Bertz CT molecular complexity index is 708. The predicted octanol–water partition coefficient (Wildman–Crippen LogP) is 4.37. The first-order chi connectivity index (χ1) is 14.5. The van der Waals surface area contributed by atoms with Crippen LogP contribution in [0.1, 0.15) is 43.2 Å². The van der Waals surface area contributed by atoms with Crippen LogP contribution < -0.4 is 4.74 Å². The van der Waals surface area contributed by atoms with Crippen LogP contribution in [0.3, 0.4) is 0 Å². The van der Waals surface area contributed by atoms with Crippen molar-refractivity contribution in [2.24, 2.45) is 0 Å². The van der Waals surface area contributed by atoms with Crippen LogP contribution in [0.2, 0.25) is 0 Å². The number of piperazine rings is 1. The van der Waals surface area contributed by atoms with Crippen LogP contribution in [0.25, 0.3) is 0 Å². The Morgan fingerprint density at radius 3 is 1.90 bits per heavy atom. The van der Waals surface area contributed by atoms with Gasteiger partial charge in [-0.25, -0.2) is 0 Å². The SMILES string of the molecule is CN1CCN(C)CC1.OC1(Cc2ccc(OCc3ccccc3)cc2)CCCCC1. The summed E-state index contributed by atoms with van der Waals surface area (Å²) < 4.78 is 5.80. The molecule has 1 aliphatic carbocycles. The standard InChI is InChI=1S/C20H24O2.C6H14N2/c21-20(13-5-2-6-14-20)15-17-9-11-19(12-10-17)22-16-18-7-3-1-4-8-18;1-7-3-5-8(2)6-4-7/h1,3-4,7-12,21H,2,5-6,13-16H2;3-6H2,1-2H3. The number of benzene rings is 2. The molecule has 1 N–H and O–H groups in total. The van der Waals surface area contributed by atoms with Crippen LogP contribution in [0.4, 0.5) is 0 Å². The maximum absolute atomic E-state index is 10.6. The highest BCUT2D eigenvalue weighted by Gasteiger charge is 2.29. The Kier molecular flexibility index (Phi) is 8.74. The predicted molar refractivity (Wildman–Crippen MR) is 124 cm³/mol. The summed E-state index contributed by atoms with van der Waals surface area (Å²) in [5, 5.41) is 10.6. The van der Waals surface area contributed by atoms with Crippen molar-refractivity contribution in [1.82, 2.24) is 9.80 Å². The molecule has 1 aliphatic heterocycles. The maximum atomic E-state index is 10.6. The van der Waals surface area contributed by atoms with E-state index in [0.717, 1.165) is 37.9 Å². The molecule has 1 heterocycles. The third-order valence-electron chi connectivity index (χ3n) is 6.22. The van der Waals surface area contributed by atoms with E-state index in [2.05, 4.69) is 48.2 Å². The van der Waals surface area contributed by atoms with Gasteiger partial charge in [0.1, 0.15) is 12.4 Å². The quantitative estimate of drug-likeness (QED) is 0.794. The molecule has 4 nitrogen and oxygen atoms in total. The van der Waals surface area contributed by atoms with Crippen LogP contribution in [0, 0.1) is 0 Å². The van der Waals surface area contributed by atoms with E-state index in [4.69, 9.17) is 4.74 Å². The Morgan fingerprint density at radius 2 is 1.33 bits per heavy atom. The highest BCUT2D eigenvalue weighted by atomic mass is 16.5. The number of ether oxygens (including phenoxy) is 1. The summed E-state index contributed by atoms with van der Waals surface area (Å²) in [6, 6.07) is 18.3. The minimum absolute atomic E-state index is 0.495. The summed E-state index contributed by atoms with van der Waals surface area (Å²) in [7, 11) is 4.35. The molecule has 0 bridgehead atoms. The lowest BCUT2D eigenvalue weighted by Gasteiger charge is -2.32. The van der Waals surface area contributed by atoms with Crippen molar-refractivity contribution in [3.8, 4) is 5.75 Å². The van der Waals surface area contributed by atoms with Gasteiger partial charge in [0.25, 0.3) is 0 Å². The number of likely N-dealkylation sites (N-methyl/N-ethyl adjacent to an activating group) is 2. The largest absolute Gasteiger partial charge is 0.489 e. The molecule has 2 fully saturated rings. The normalized spacial score (nSPS) is 19.6. The summed E-state index contributed by atoms with van der Waals surface area (Å²) >= 11 is 0. The van der Waals surface area contributed by atoms with Gasteiger partial charge in [-0.05, 0) is 50.2 Å². The second-order valence-corrected chi connectivity index (χ2v) is 8.99. The topological polar surface area (TPSA) is 35.9 Å². The number of rotatable bonds is 5. The average molecular weight is 411 g/mol. The fourth-order valence-electron chi connectivity index (χ4n) is 4.12. The third-order valence-corrected chi connectivity index (χ3v) is 6.22. The first kappa shape index (κ1) is 22.8. The Morgan fingerprint density at radius 1 is 0.767 bits per heavy atom. The van der Waals surface area contributed by atoms with Gasteiger partial charge >= 0.3 is 0 Å². The second-order valence-electron chi connectivity index (χ2n) is 8.99. The summed E-state index contributed by atoms with van der Waals surface area (Å²) in [6.07, 6.45) is 6.17. The molecule has 2 aliphatic rings. The molecule has 2 aromatic carbocycles. The fourth-order valence-corrected chi connectivity index (χ4v) is 4.12. The Balaban J connectivity index is 0.000000269. The van der Waals surface area contributed by atoms with E-state index in [-0.39, 0.29) is 0 Å². The Hall–Kier alpha value is -1.88. The summed E-state index contributed by atoms with van der Waals surface area (Å²) in [5.74, 6) is 0.878. The van der Waals surface area contributed by atoms with Crippen LogP contribution in [-0.4, -0.2) is 60.8 Å². The van der Waals surface area contributed by atoms with E-state index < -0.39 is 5.60 Å². The maximum Gasteiger partial charge on any atom is 0.119 e. The van der Waals surface area contributed by atoms with E-state index in [1.54, 1.807) is 0 Å². The number of nitrogens with zero attached hydrogens (tertiary/aromatic N) is 2. The van der Waals surface area contributed by atoms with Crippen molar-refractivity contribution in [1.29, 1.82) is 0 Å². The lowest BCUT2D eigenvalue weighted by Crippen LogP contribution is -2.42. The lowest BCUT2D eigenvalue weighted by molar-refractivity contribution is 0.00448. The molecule has 0 aromatic heterocycles. The van der Waals surface area contributed by atoms with Crippen molar-refractivity contribution in [3.63, 3.8) is 0 Å². The molecule has 0 amide bonds. The molecule has 30 heavy (non-hydrogen) atoms. The van der Waals surface area contributed by atoms with Gasteiger partial charge in [-0.1, -0.05) is 61.7 Å². The molecule has 4 heteroatoms. The van der Waals surface area contributed by atoms with Crippen LogP contribution in [0.5, 0.6) is 5.75 Å². The van der Waals surface area contributed by atoms with Gasteiger partial charge < -0.3 is 19.6 Å². The van der Waals surface area contributed by atoms with Crippen LogP contribution in [0.15, 0.2) is 54.6 Å². The van der Waals surface area contributed by atoms with Crippen molar-refractivity contribution in [2.45, 2.75) is 50.7 Å². The molecule has 0 spiro atoms. The molecule has 0 atom stereocenters. The number of hydrogen-bond acceptors (Lipinski definition) is 4. The minimum Gasteiger partial charge on any atom is -0.489 e. The summed E-state index contributed by atoms with van der Waals surface area (Å²) in [6.45, 7) is 5.52. The zero-order valence-electron chi connectivity index (χ0n) is 18.7. The van der Waals surface area contributed by atoms with Crippen molar-refractivity contribution in [2.75, 3.05) is 40.3 Å². The molecular weight excluding hydrogens is 372 g/mol. The van der Waals surface area contributed by atoms with Gasteiger partial charge in [0.2, 0.25) is 0 Å². The van der Waals surface area contributed by atoms with Crippen molar-refractivity contribution >= 4 is 0 Å². The number of hydrogen-bond donors (Lipinski definition) is 1. The molecule has 164 valence electrons. The van der Waals surface area contributed by atoms with Crippen LogP contribution in [-0.2, 0) is 13.0 Å². The average Bonchev–Trinajstić information content (AvgIpc) is 2.77. The molecule has 4 rings (SSSR count). The van der Waals surface area contributed by atoms with Crippen molar-refractivity contribution < 1.29 is 9.84 Å². The van der Waals surface area contributed by atoms with E-state index in [0.29, 0.717) is 6.61 Å². The molecule has 0 radical (unpaired) electrons. The molecule has 1 saturated carbocycles. The monoisotopic (exact) mass is 410 g/mol. The summed E-state index contributed by atoms with van der Waals surface area (Å²) in [5.41, 5.74) is 1.87. The lowest BCUT2D eigenvalue weighted by atomic mass is 9.80. The minimum atomic E-state index is -0.495. The van der Waals surface area contributed by atoms with Gasteiger partial charge in [0, 0.05) is 32.6 Å². The zero-order chi connectivity index (χ0) is 21.2. The smallest absolute Gasteiger partial charge is 0.119 e. The van der Waals surface area contributed by atoms with E-state index in [9.17, 15) is 5.11 Å². The highest BCUT2D eigenvalue weighted by Crippen LogP contribution is 2.31. The van der Waals surface area contributed by atoms with E-state index in [1.807, 2.05) is 30.3 Å². The zero-order valence-corrected chi connectivity index (χ0v) is 18.7. The first-order valence-corrected chi connectivity index (χ1v) is 11.4. The van der Waals surface area contributed by atoms with E-state index in [1.165, 1.54) is 43.7 Å². The third kappa shape index (κ3) is 7.75. The summed E-state index contributed by atoms with van der Waals surface area (Å²) in [4.78, 5) is 4.72. The highest BCUT2D eigenvalue weighted by molar-refractivity contribution is 5.28. The van der Waals surface area contributed by atoms with Gasteiger partial charge in [0.15, 0.2) is 0 Å². The fraction of sp³-hybridized carbons (Fsp3) is 0.538. The van der Waals surface area contributed by atoms with E-state index >= 15 is 0 Å². The molecular formula is C26H38N2O2. The van der Waals surface area contributed by atoms with Crippen LogP contribution >= 0.6 is 0 Å².